The molecule has 0 radical (unpaired) electrons. The highest BCUT2D eigenvalue weighted by atomic mass is 35.5. The van der Waals surface area contributed by atoms with E-state index in [2.05, 4.69) is 29.1 Å². The van der Waals surface area contributed by atoms with Gasteiger partial charge < -0.3 is 10.1 Å². The summed E-state index contributed by atoms with van der Waals surface area (Å²) in [5.41, 5.74) is -0.883. The first kappa shape index (κ1) is 30.6. The molecule has 4 heterocycles. The fourth-order valence-corrected chi connectivity index (χ4v) is 8.97. The number of ether oxygens (including phenoxy) is 1. The van der Waals surface area contributed by atoms with Gasteiger partial charge in [-0.3, -0.25) is 14.4 Å². The van der Waals surface area contributed by atoms with Gasteiger partial charge in [-0.05, 0) is 79.4 Å². The molecule has 2 aliphatic carbocycles. The first-order valence-corrected chi connectivity index (χ1v) is 16.1. The molecule has 2 aromatic rings. The summed E-state index contributed by atoms with van der Waals surface area (Å²) in [7, 11) is 0. The largest absolute Gasteiger partial charge is 0.370 e. The summed E-state index contributed by atoms with van der Waals surface area (Å²) in [6.45, 7) is 6.61. The minimum Gasteiger partial charge on any atom is -0.370 e. The summed E-state index contributed by atoms with van der Waals surface area (Å²) in [6.07, 6.45) is 6.58. The third-order valence-corrected chi connectivity index (χ3v) is 11.4. The van der Waals surface area contributed by atoms with E-state index in [9.17, 15) is 14.4 Å². The third kappa shape index (κ3) is 4.92. The van der Waals surface area contributed by atoms with Crippen molar-refractivity contribution in [1.29, 1.82) is 0 Å². The number of aromatic nitrogens is 2. The van der Waals surface area contributed by atoms with Crippen molar-refractivity contribution in [1.82, 2.24) is 9.97 Å². The zero-order valence-electron chi connectivity index (χ0n) is 24.9. The van der Waals surface area contributed by atoms with E-state index in [0.717, 1.165) is 12.8 Å². The lowest BCUT2D eigenvalue weighted by Gasteiger charge is -2.50. The van der Waals surface area contributed by atoms with Crippen molar-refractivity contribution in [3.8, 4) is 0 Å². The van der Waals surface area contributed by atoms with Gasteiger partial charge in [0.25, 0.3) is 0 Å². The second kappa shape index (κ2) is 11.2. The van der Waals surface area contributed by atoms with E-state index in [4.69, 9.17) is 27.9 Å². The van der Waals surface area contributed by atoms with Gasteiger partial charge in [0.05, 0.1) is 12.0 Å². The highest BCUT2D eigenvalue weighted by molar-refractivity contribution is 6.30. The van der Waals surface area contributed by atoms with Crippen LogP contribution in [-0.2, 0) is 24.5 Å². The first-order chi connectivity index (χ1) is 20.4. The zero-order valence-corrected chi connectivity index (χ0v) is 26.4. The minimum absolute atomic E-state index is 0.0181. The van der Waals surface area contributed by atoms with E-state index in [-0.39, 0.29) is 51.1 Å². The smallest absolute Gasteiger partial charge is 0.237 e. The Bertz CT molecular complexity index is 1460. The predicted molar refractivity (Wildman–Crippen MR) is 162 cm³/mol. The number of carbonyl (C=O) groups is 3. The van der Waals surface area contributed by atoms with Crippen LogP contribution in [0.3, 0.4) is 0 Å². The normalized spacial score (nSPS) is 30.8. The Morgan fingerprint density at radius 2 is 1.84 bits per heavy atom. The summed E-state index contributed by atoms with van der Waals surface area (Å²) in [5.74, 6) is -2.06. The first-order valence-electron chi connectivity index (χ1n) is 15.4. The van der Waals surface area contributed by atoms with Crippen LogP contribution in [0, 0.1) is 28.5 Å². The number of Topliss-reactive ketones (excluding diaryl/α,β-unsaturated/α-hetero) is 2. The minimum atomic E-state index is -1.25. The fourth-order valence-electron chi connectivity index (χ4n) is 8.65. The molecule has 3 fully saturated rings. The second-order valence-electron chi connectivity index (χ2n) is 13.8. The average Bonchev–Trinajstić information content (AvgIpc) is 3.44. The Hall–Kier alpha value is -2.42. The van der Waals surface area contributed by atoms with Gasteiger partial charge in [-0.15, -0.1) is 0 Å². The molecule has 10 heteroatoms. The maximum Gasteiger partial charge on any atom is 0.237 e. The molecule has 1 amide bonds. The van der Waals surface area contributed by atoms with Gasteiger partial charge in [-0.2, -0.15) is 0 Å². The molecule has 5 atom stereocenters. The van der Waals surface area contributed by atoms with E-state index >= 15 is 4.39 Å². The van der Waals surface area contributed by atoms with E-state index in [0.29, 0.717) is 56.5 Å². The van der Waals surface area contributed by atoms with Gasteiger partial charge in [-0.1, -0.05) is 50.0 Å². The molecule has 2 aliphatic heterocycles. The van der Waals surface area contributed by atoms with Crippen LogP contribution < -0.4 is 5.32 Å². The van der Waals surface area contributed by atoms with Crippen molar-refractivity contribution < 1.29 is 23.5 Å². The SMILES string of the molecule is CCC(=O)[C@@H]1CC[C@@H](CC(=O)[C@@H]2CC3(CCC(C)(C)CC3)[C@@]3(C(=O)Nc4nc(Cl)ccc43)[C@H]2c2ccnc(Cl)c2F)CO1. The Morgan fingerprint density at radius 1 is 1.09 bits per heavy atom. The molecule has 1 saturated heterocycles. The van der Waals surface area contributed by atoms with Gasteiger partial charge >= 0.3 is 0 Å². The molecule has 0 bridgehead atoms. The quantitative estimate of drug-likeness (QED) is 0.338. The topological polar surface area (TPSA) is 98.2 Å². The second-order valence-corrected chi connectivity index (χ2v) is 14.5. The molecule has 6 rings (SSSR count). The van der Waals surface area contributed by atoms with Gasteiger partial charge in [0.2, 0.25) is 5.91 Å². The van der Waals surface area contributed by atoms with Crippen molar-refractivity contribution >= 4 is 46.5 Å². The Balaban J connectivity index is 1.46. The van der Waals surface area contributed by atoms with Crippen LogP contribution >= 0.6 is 23.2 Å². The van der Waals surface area contributed by atoms with Crippen LogP contribution in [0.4, 0.5) is 10.2 Å². The number of anilines is 1. The number of nitrogens with one attached hydrogen (secondary N) is 1. The highest BCUT2D eigenvalue weighted by Gasteiger charge is 2.72. The monoisotopic (exact) mass is 629 g/mol. The molecule has 1 N–H and O–H groups in total. The van der Waals surface area contributed by atoms with Crippen molar-refractivity contribution in [3.05, 3.63) is 51.6 Å². The molecule has 43 heavy (non-hydrogen) atoms. The van der Waals surface area contributed by atoms with Gasteiger partial charge in [0.15, 0.2) is 16.8 Å². The standard InChI is InChI=1S/C33H38Cl2FN3O4/c1-4-22(40)24-7-5-18(17-43-24)15-23(41)20-16-32(12-10-31(2,3)11-13-32)33(26(20)19-9-14-37-28(35)27(19)36)21-6-8-25(34)38-29(21)39-30(33)42/h6,8-9,14,18,20,24,26H,4-5,7,10-13,15-17H2,1-3H3,(H,38,39,42)/t18-,20-,24-,26-,33+/m0/s1. The Kier molecular flexibility index (Phi) is 7.96. The number of fused-ring (bicyclic) bond motifs is 3. The summed E-state index contributed by atoms with van der Waals surface area (Å²) >= 11 is 12.5. The van der Waals surface area contributed by atoms with Crippen molar-refractivity contribution in [2.75, 3.05) is 11.9 Å². The van der Waals surface area contributed by atoms with E-state index < -0.39 is 34.6 Å². The van der Waals surface area contributed by atoms with Gasteiger partial charge in [-0.25, -0.2) is 14.4 Å². The van der Waals surface area contributed by atoms with Gasteiger partial charge in [0.1, 0.15) is 22.9 Å². The number of rotatable bonds is 6. The molecule has 4 aliphatic rings. The van der Waals surface area contributed by atoms with Crippen LogP contribution in [0.1, 0.15) is 95.6 Å². The molecule has 0 aromatic carbocycles. The van der Waals surface area contributed by atoms with Crippen LogP contribution in [-0.4, -0.2) is 40.2 Å². The number of carbonyl (C=O) groups excluding carboxylic acids is 3. The van der Waals surface area contributed by atoms with Crippen molar-refractivity contribution in [2.24, 2.45) is 22.7 Å². The lowest BCUT2D eigenvalue weighted by Crippen LogP contribution is -2.52. The Labute approximate surface area is 261 Å². The number of hydrogen-bond acceptors (Lipinski definition) is 6. The third-order valence-electron chi connectivity index (χ3n) is 10.9. The van der Waals surface area contributed by atoms with E-state index in [1.54, 1.807) is 12.1 Å². The highest BCUT2D eigenvalue weighted by Crippen LogP contribution is 2.72. The van der Waals surface area contributed by atoms with Crippen LogP contribution in [0.5, 0.6) is 0 Å². The van der Waals surface area contributed by atoms with E-state index in [1.165, 1.54) is 6.20 Å². The zero-order chi connectivity index (χ0) is 30.7. The molecule has 7 nitrogen and oxygen atoms in total. The van der Waals surface area contributed by atoms with Crippen LogP contribution in [0.2, 0.25) is 10.3 Å². The molecule has 2 spiro atoms. The lowest BCUT2D eigenvalue weighted by molar-refractivity contribution is -0.136. The fraction of sp³-hybridized carbons (Fsp3) is 0.606. The number of halogens is 3. The number of nitrogens with zero attached hydrogens (tertiary/aromatic N) is 2. The van der Waals surface area contributed by atoms with Crippen LogP contribution in [0.15, 0.2) is 24.4 Å². The Morgan fingerprint density at radius 3 is 2.51 bits per heavy atom. The lowest BCUT2D eigenvalue weighted by atomic mass is 9.51. The summed E-state index contributed by atoms with van der Waals surface area (Å²) in [5, 5.41) is 2.95. The van der Waals surface area contributed by atoms with Gasteiger partial charge in [0, 0.05) is 36.4 Å². The number of amides is 1. The number of pyridine rings is 2. The summed E-state index contributed by atoms with van der Waals surface area (Å²) in [4.78, 5) is 49.6. The average molecular weight is 631 g/mol. The molecular weight excluding hydrogens is 592 g/mol. The van der Waals surface area contributed by atoms with E-state index in [1.807, 2.05) is 13.0 Å². The summed E-state index contributed by atoms with van der Waals surface area (Å²) < 4.78 is 21.9. The molecule has 230 valence electrons. The summed E-state index contributed by atoms with van der Waals surface area (Å²) in [6, 6.07) is 5.06. The molecule has 2 aromatic heterocycles. The van der Waals surface area contributed by atoms with Crippen LogP contribution in [0.25, 0.3) is 0 Å². The van der Waals surface area contributed by atoms with Crippen molar-refractivity contribution in [3.63, 3.8) is 0 Å². The number of hydrogen-bond donors (Lipinski definition) is 1. The molecule has 2 saturated carbocycles. The maximum atomic E-state index is 16.1. The van der Waals surface area contributed by atoms with Crippen molar-refractivity contribution in [2.45, 2.75) is 96.0 Å². The molecule has 0 unspecified atom stereocenters. The number of ketones is 2. The maximum absolute atomic E-state index is 16.1. The predicted octanol–water partition coefficient (Wildman–Crippen LogP) is 7.24. The molecular formula is C33H38Cl2FN3O4.